The van der Waals surface area contributed by atoms with E-state index in [0.717, 1.165) is 23.6 Å². The van der Waals surface area contributed by atoms with E-state index in [9.17, 15) is 0 Å². The van der Waals surface area contributed by atoms with Gasteiger partial charge in [0.15, 0.2) is 5.82 Å². The SMILES string of the molecule is Cc1ccccc1-n1nnnc1[C@@H](c1ccccc1)N(C)Cc1cccs1. The van der Waals surface area contributed by atoms with Gasteiger partial charge >= 0.3 is 0 Å². The van der Waals surface area contributed by atoms with Gasteiger partial charge in [-0.05, 0) is 53.0 Å². The van der Waals surface area contributed by atoms with Crippen LogP contribution in [0.5, 0.6) is 0 Å². The molecule has 5 nitrogen and oxygen atoms in total. The van der Waals surface area contributed by atoms with Crippen molar-refractivity contribution < 1.29 is 0 Å². The molecule has 0 amide bonds. The molecule has 0 aliphatic rings. The summed E-state index contributed by atoms with van der Waals surface area (Å²) >= 11 is 1.76. The molecule has 0 N–H and O–H groups in total. The van der Waals surface area contributed by atoms with Crippen molar-refractivity contribution >= 4 is 11.3 Å². The Morgan fingerprint density at radius 3 is 2.52 bits per heavy atom. The number of aryl methyl sites for hydroxylation is 1. The van der Waals surface area contributed by atoms with Crippen LogP contribution >= 0.6 is 11.3 Å². The third-order valence-corrected chi connectivity index (χ3v) is 5.48. The van der Waals surface area contributed by atoms with E-state index < -0.39 is 0 Å². The highest BCUT2D eigenvalue weighted by Gasteiger charge is 2.26. The third-order valence-electron chi connectivity index (χ3n) is 4.62. The van der Waals surface area contributed by atoms with E-state index in [1.165, 1.54) is 10.4 Å². The van der Waals surface area contributed by atoms with Gasteiger partial charge in [0.1, 0.15) is 0 Å². The number of tetrazole rings is 1. The average molecular weight is 376 g/mol. The number of nitrogens with zero attached hydrogens (tertiary/aromatic N) is 5. The lowest BCUT2D eigenvalue weighted by molar-refractivity contribution is 0.260. The van der Waals surface area contributed by atoms with E-state index in [1.807, 2.05) is 22.9 Å². The summed E-state index contributed by atoms with van der Waals surface area (Å²) in [4.78, 5) is 3.61. The van der Waals surface area contributed by atoms with Crippen LogP contribution in [0.2, 0.25) is 0 Å². The highest BCUT2D eigenvalue weighted by atomic mass is 32.1. The van der Waals surface area contributed by atoms with Gasteiger partial charge in [-0.3, -0.25) is 4.90 Å². The van der Waals surface area contributed by atoms with Crippen LogP contribution in [0.15, 0.2) is 72.1 Å². The Bertz CT molecular complexity index is 994. The fourth-order valence-corrected chi connectivity index (χ4v) is 4.08. The smallest absolute Gasteiger partial charge is 0.178 e. The van der Waals surface area contributed by atoms with Crippen molar-refractivity contribution in [3.05, 3.63) is 93.9 Å². The van der Waals surface area contributed by atoms with E-state index in [4.69, 9.17) is 0 Å². The number of benzene rings is 2. The lowest BCUT2D eigenvalue weighted by Crippen LogP contribution is -2.27. The molecule has 4 aromatic rings. The van der Waals surface area contributed by atoms with Crippen molar-refractivity contribution in [3.8, 4) is 5.69 Å². The lowest BCUT2D eigenvalue weighted by Gasteiger charge is -2.27. The Balaban J connectivity index is 1.78. The number of hydrogen-bond donors (Lipinski definition) is 0. The van der Waals surface area contributed by atoms with Crippen molar-refractivity contribution in [2.24, 2.45) is 0 Å². The molecule has 0 fully saturated rings. The second-order valence-corrected chi connectivity index (χ2v) is 7.58. The molecule has 2 heterocycles. The molecule has 0 spiro atoms. The standard InChI is InChI=1S/C21H21N5S/c1-16-9-6-7-13-19(16)26-21(22-23-24-26)20(17-10-4-3-5-11-17)25(2)15-18-12-8-14-27-18/h3-14,20H,15H2,1-2H3/t20-/m1/s1. The number of para-hydroxylation sites is 1. The first-order chi connectivity index (χ1) is 13.2. The van der Waals surface area contributed by atoms with Crippen molar-refractivity contribution in [2.45, 2.75) is 19.5 Å². The topological polar surface area (TPSA) is 46.8 Å². The Morgan fingerprint density at radius 1 is 1.00 bits per heavy atom. The monoisotopic (exact) mass is 375 g/mol. The maximum absolute atomic E-state index is 4.42. The molecular formula is C21H21N5S. The molecule has 0 saturated carbocycles. The predicted octanol–water partition coefficient (Wildman–Crippen LogP) is 4.25. The largest absolute Gasteiger partial charge is 0.288 e. The number of hydrogen-bond acceptors (Lipinski definition) is 5. The summed E-state index contributed by atoms with van der Waals surface area (Å²) in [5.41, 5.74) is 3.31. The van der Waals surface area contributed by atoms with Gasteiger partial charge in [-0.25, -0.2) is 0 Å². The van der Waals surface area contributed by atoms with Crippen LogP contribution in [0.25, 0.3) is 5.69 Å². The quantitative estimate of drug-likeness (QED) is 0.505. The number of aromatic nitrogens is 4. The molecule has 0 unspecified atom stereocenters. The maximum atomic E-state index is 4.42. The van der Waals surface area contributed by atoms with Gasteiger partial charge in [-0.1, -0.05) is 54.6 Å². The normalized spacial score (nSPS) is 12.4. The molecular weight excluding hydrogens is 354 g/mol. The minimum atomic E-state index is -0.0529. The zero-order valence-electron chi connectivity index (χ0n) is 15.4. The Kier molecular flexibility index (Phi) is 5.09. The Labute approximate surface area is 162 Å². The maximum Gasteiger partial charge on any atom is 0.178 e. The fourth-order valence-electron chi connectivity index (χ4n) is 3.31. The number of rotatable bonds is 6. The molecule has 0 bridgehead atoms. The molecule has 2 aromatic heterocycles. The van der Waals surface area contributed by atoms with Crippen LogP contribution in [-0.4, -0.2) is 32.2 Å². The fraction of sp³-hybridized carbons (Fsp3) is 0.190. The highest BCUT2D eigenvalue weighted by molar-refractivity contribution is 7.09. The summed E-state index contributed by atoms with van der Waals surface area (Å²) in [6.45, 7) is 2.91. The first kappa shape index (κ1) is 17.6. The average Bonchev–Trinajstić information content (AvgIpc) is 3.36. The zero-order chi connectivity index (χ0) is 18.6. The molecule has 27 heavy (non-hydrogen) atoms. The minimum absolute atomic E-state index is 0.0529. The van der Waals surface area contributed by atoms with Crippen LogP contribution in [-0.2, 0) is 6.54 Å². The van der Waals surface area contributed by atoms with Gasteiger partial charge in [0.25, 0.3) is 0 Å². The summed E-state index contributed by atoms with van der Waals surface area (Å²) in [6, 6.07) is 22.8. The van der Waals surface area contributed by atoms with Gasteiger partial charge in [-0.15, -0.1) is 16.4 Å². The molecule has 2 aromatic carbocycles. The zero-order valence-corrected chi connectivity index (χ0v) is 16.2. The van der Waals surface area contributed by atoms with E-state index in [0.29, 0.717) is 0 Å². The molecule has 1 atom stereocenters. The Hall–Kier alpha value is -2.83. The van der Waals surface area contributed by atoms with Crippen molar-refractivity contribution in [1.29, 1.82) is 0 Å². The molecule has 6 heteroatoms. The molecule has 0 radical (unpaired) electrons. The molecule has 4 rings (SSSR count). The first-order valence-corrected chi connectivity index (χ1v) is 9.74. The first-order valence-electron chi connectivity index (χ1n) is 8.86. The summed E-state index contributed by atoms with van der Waals surface area (Å²) in [5, 5.41) is 14.8. The second-order valence-electron chi connectivity index (χ2n) is 6.54. The van der Waals surface area contributed by atoms with Crippen molar-refractivity contribution in [3.63, 3.8) is 0 Å². The van der Waals surface area contributed by atoms with Gasteiger partial charge < -0.3 is 0 Å². The third kappa shape index (κ3) is 3.67. The summed E-state index contributed by atoms with van der Waals surface area (Å²) in [6.07, 6.45) is 0. The van der Waals surface area contributed by atoms with Crippen molar-refractivity contribution in [2.75, 3.05) is 7.05 Å². The van der Waals surface area contributed by atoms with Crippen LogP contribution in [0.3, 0.4) is 0 Å². The van der Waals surface area contributed by atoms with E-state index >= 15 is 0 Å². The lowest BCUT2D eigenvalue weighted by atomic mass is 10.0. The Morgan fingerprint density at radius 2 is 1.78 bits per heavy atom. The van der Waals surface area contributed by atoms with E-state index in [-0.39, 0.29) is 6.04 Å². The van der Waals surface area contributed by atoms with Gasteiger partial charge in [0.2, 0.25) is 0 Å². The molecule has 0 aliphatic carbocycles. The minimum Gasteiger partial charge on any atom is -0.288 e. The van der Waals surface area contributed by atoms with E-state index in [2.05, 4.69) is 88.3 Å². The van der Waals surface area contributed by atoms with Crippen LogP contribution in [0.1, 0.15) is 27.9 Å². The predicted molar refractivity (Wildman–Crippen MR) is 108 cm³/mol. The number of thiophene rings is 1. The summed E-state index contributed by atoms with van der Waals surface area (Å²) in [7, 11) is 2.12. The highest BCUT2D eigenvalue weighted by Crippen LogP contribution is 2.29. The van der Waals surface area contributed by atoms with Crippen LogP contribution in [0, 0.1) is 6.92 Å². The van der Waals surface area contributed by atoms with Crippen molar-refractivity contribution in [1.82, 2.24) is 25.1 Å². The second kappa shape index (κ2) is 7.82. The molecule has 0 aliphatic heterocycles. The van der Waals surface area contributed by atoms with Gasteiger partial charge in [0, 0.05) is 11.4 Å². The molecule has 0 saturated heterocycles. The van der Waals surface area contributed by atoms with Crippen LogP contribution in [0.4, 0.5) is 0 Å². The van der Waals surface area contributed by atoms with Gasteiger partial charge in [0.05, 0.1) is 11.7 Å². The van der Waals surface area contributed by atoms with Crippen LogP contribution < -0.4 is 0 Å². The van der Waals surface area contributed by atoms with E-state index in [1.54, 1.807) is 11.3 Å². The summed E-state index contributed by atoms with van der Waals surface area (Å²) in [5.74, 6) is 0.814. The summed E-state index contributed by atoms with van der Waals surface area (Å²) < 4.78 is 1.86. The molecule has 136 valence electrons. The van der Waals surface area contributed by atoms with Gasteiger partial charge in [-0.2, -0.15) is 4.68 Å².